The van der Waals surface area contributed by atoms with Gasteiger partial charge in [0.25, 0.3) is 0 Å². The first-order valence-electron chi connectivity index (χ1n) is 7.91. The van der Waals surface area contributed by atoms with E-state index in [1.165, 1.54) is 44.9 Å². The van der Waals surface area contributed by atoms with Crippen molar-refractivity contribution in [1.29, 1.82) is 0 Å². The van der Waals surface area contributed by atoms with Crippen LogP contribution in [-0.4, -0.2) is 16.4 Å². The van der Waals surface area contributed by atoms with Crippen LogP contribution in [-0.2, 0) is 0 Å². The number of hydrogen-bond acceptors (Lipinski definition) is 2. The van der Waals surface area contributed by atoms with Crippen LogP contribution in [0.5, 0.6) is 5.75 Å². The Labute approximate surface area is 118 Å². The normalized spacial score (nSPS) is 11.2. The Bertz CT molecular complexity index is 320. The molecule has 0 unspecified atom stereocenters. The third kappa shape index (κ3) is 7.24. The van der Waals surface area contributed by atoms with Gasteiger partial charge in [-0.2, -0.15) is 5.10 Å². The van der Waals surface area contributed by atoms with Crippen molar-refractivity contribution in [3.05, 3.63) is 12.4 Å². The Morgan fingerprint density at radius 3 is 2.26 bits per heavy atom. The molecule has 0 N–H and O–H groups in total. The lowest BCUT2D eigenvalue weighted by atomic mass is 10.1. The van der Waals surface area contributed by atoms with Gasteiger partial charge < -0.3 is 4.74 Å². The van der Waals surface area contributed by atoms with Crippen molar-refractivity contribution in [2.45, 2.75) is 78.2 Å². The molecule has 0 saturated heterocycles. The summed E-state index contributed by atoms with van der Waals surface area (Å²) in [6.45, 7) is 7.32. The minimum Gasteiger partial charge on any atom is -0.490 e. The zero-order valence-corrected chi connectivity index (χ0v) is 12.9. The van der Waals surface area contributed by atoms with Gasteiger partial charge in [0, 0.05) is 6.04 Å². The fourth-order valence-corrected chi connectivity index (χ4v) is 2.10. The summed E-state index contributed by atoms with van der Waals surface area (Å²) in [4.78, 5) is 0. The van der Waals surface area contributed by atoms with Crippen molar-refractivity contribution in [3.8, 4) is 5.75 Å². The van der Waals surface area contributed by atoms with Crippen LogP contribution in [0.2, 0.25) is 0 Å². The first-order valence-corrected chi connectivity index (χ1v) is 7.91. The molecule has 0 aliphatic heterocycles. The molecule has 0 atom stereocenters. The minimum atomic E-state index is 0.403. The zero-order chi connectivity index (χ0) is 13.9. The monoisotopic (exact) mass is 266 g/mol. The predicted molar refractivity (Wildman–Crippen MR) is 80.7 cm³/mol. The van der Waals surface area contributed by atoms with Gasteiger partial charge >= 0.3 is 0 Å². The van der Waals surface area contributed by atoms with E-state index in [9.17, 15) is 0 Å². The second-order valence-electron chi connectivity index (χ2n) is 5.57. The van der Waals surface area contributed by atoms with E-state index >= 15 is 0 Å². The van der Waals surface area contributed by atoms with Crippen LogP contribution in [0.15, 0.2) is 12.4 Å². The maximum atomic E-state index is 5.70. The maximum Gasteiger partial charge on any atom is 0.157 e. The molecule has 0 aliphatic carbocycles. The van der Waals surface area contributed by atoms with Gasteiger partial charge in [-0.15, -0.1) is 0 Å². The Balaban J connectivity index is 1.95. The molecule has 0 radical (unpaired) electrons. The molecule has 0 amide bonds. The van der Waals surface area contributed by atoms with Crippen LogP contribution < -0.4 is 4.74 Å². The molecule has 0 aliphatic rings. The Kier molecular flexibility index (Phi) is 8.35. The van der Waals surface area contributed by atoms with Crippen molar-refractivity contribution in [2.24, 2.45) is 0 Å². The van der Waals surface area contributed by atoms with Crippen LogP contribution in [0.4, 0.5) is 0 Å². The van der Waals surface area contributed by atoms with Crippen LogP contribution >= 0.6 is 0 Å². The summed E-state index contributed by atoms with van der Waals surface area (Å²) in [6.07, 6.45) is 14.5. The standard InChI is InChI=1S/C16H30N2O/c1-4-5-6-7-8-9-10-11-12-19-16-13-17-18(14-16)15(2)3/h13-15H,4-12H2,1-3H3. The molecule has 1 heterocycles. The summed E-state index contributed by atoms with van der Waals surface area (Å²) in [6, 6.07) is 0.403. The van der Waals surface area contributed by atoms with E-state index in [2.05, 4.69) is 25.9 Å². The maximum absolute atomic E-state index is 5.70. The summed E-state index contributed by atoms with van der Waals surface area (Å²) in [7, 11) is 0. The summed E-state index contributed by atoms with van der Waals surface area (Å²) in [5.41, 5.74) is 0. The lowest BCUT2D eigenvalue weighted by molar-refractivity contribution is 0.303. The Hall–Kier alpha value is -0.990. The highest BCUT2D eigenvalue weighted by Crippen LogP contribution is 2.13. The van der Waals surface area contributed by atoms with Crippen LogP contribution in [0, 0.1) is 0 Å². The van der Waals surface area contributed by atoms with E-state index in [1.807, 2.05) is 17.1 Å². The SMILES string of the molecule is CCCCCCCCCCOc1cnn(C(C)C)c1. The topological polar surface area (TPSA) is 27.1 Å². The Morgan fingerprint density at radius 2 is 1.68 bits per heavy atom. The van der Waals surface area contributed by atoms with Crippen molar-refractivity contribution in [1.82, 2.24) is 9.78 Å². The molecule has 0 spiro atoms. The first kappa shape index (κ1) is 16.1. The lowest BCUT2D eigenvalue weighted by Crippen LogP contribution is -2.00. The largest absolute Gasteiger partial charge is 0.490 e. The number of aromatic nitrogens is 2. The van der Waals surface area contributed by atoms with E-state index in [-0.39, 0.29) is 0 Å². The number of rotatable bonds is 11. The quantitative estimate of drug-likeness (QED) is 0.528. The summed E-state index contributed by atoms with van der Waals surface area (Å²) >= 11 is 0. The molecule has 0 saturated carbocycles. The molecule has 19 heavy (non-hydrogen) atoms. The fraction of sp³-hybridized carbons (Fsp3) is 0.812. The van der Waals surface area contributed by atoms with Gasteiger partial charge in [0.15, 0.2) is 5.75 Å². The van der Waals surface area contributed by atoms with E-state index in [4.69, 9.17) is 4.74 Å². The highest BCUT2D eigenvalue weighted by molar-refractivity contribution is 5.11. The van der Waals surface area contributed by atoms with E-state index in [1.54, 1.807) is 0 Å². The molecule has 3 heteroatoms. The molecular weight excluding hydrogens is 236 g/mol. The van der Waals surface area contributed by atoms with Gasteiger partial charge in [-0.05, 0) is 20.3 Å². The minimum absolute atomic E-state index is 0.403. The Morgan fingerprint density at radius 1 is 1.05 bits per heavy atom. The van der Waals surface area contributed by atoms with Crippen molar-refractivity contribution < 1.29 is 4.74 Å². The average molecular weight is 266 g/mol. The molecule has 1 aromatic heterocycles. The fourth-order valence-electron chi connectivity index (χ4n) is 2.10. The van der Waals surface area contributed by atoms with Gasteiger partial charge in [0.1, 0.15) is 0 Å². The summed E-state index contributed by atoms with van der Waals surface area (Å²) < 4.78 is 7.63. The molecule has 0 aromatic carbocycles. The highest BCUT2D eigenvalue weighted by atomic mass is 16.5. The van der Waals surface area contributed by atoms with Crippen LogP contribution in [0.3, 0.4) is 0 Å². The van der Waals surface area contributed by atoms with Gasteiger partial charge in [0.2, 0.25) is 0 Å². The van der Waals surface area contributed by atoms with Crippen LogP contribution in [0.1, 0.15) is 78.2 Å². The first-order chi connectivity index (χ1) is 9.24. The van der Waals surface area contributed by atoms with Gasteiger partial charge in [-0.25, -0.2) is 0 Å². The molecule has 3 nitrogen and oxygen atoms in total. The smallest absolute Gasteiger partial charge is 0.157 e. The third-order valence-electron chi connectivity index (χ3n) is 3.37. The second-order valence-corrected chi connectivity index (χ2v) is 5.57. The number of ether oxygens (including phenoxy) is 1. The molecule has 1 aromatic rings. The summed E-state index contributed by atoms with van der Waals surface area (Å²) in [5.74, 6) is 0.900. The van der Waals surface area contributed by atoms with Gasteiger partial charge in [-0.1, -0.05) is 51.9 Å². The number of unbranched alkanes of at least 4 members (excludes halogenated alkanes) is 7. The van der Waals surface area contributed by atoms with Gasteiger partial charge in [0.05, 0.1) is 19.0 Å². The van der Waals surface area contributed by atoms with Crippen molar-refractivity contribution >= 4 is 0 Å². The van der Waals surface area contributed by atoms with Crippen LogP contribution in [0.25, 0.3) is 0 Å². The lowest BCUT2D eigenvalue weighted by Gasteiger charge is -2.05. The molecule has 0 fully saturated rings. The zero-order valence-electron chi connectivity index (χ0n) is 12.9. The van der Waals surface area contributed by atoms with Crippen molar-refractivity contribution in [2.75, 3.05) is 6.61 Å². The highest BCUT2D eigenvalue weighted by Gasteiger charge is 2.01. The predicted octanol–water partition coefficient (Wildman–Crippen LogP) is 4.98. The number of nitrogens with zero attached hydrogens (tertiary/aromatic N) is 2. The van der Waals surface area contributed by atoms with E-state index in [0.29, 0.717) is 6.04 Å². The molecule has 0 bridgehead atoms. The molecule has 1 rings (SSSR count). The average Bonchev–Trinajstić information content (AvgIpc) is 2.86. The van der Waals surface area contributed by atoms with E-state index in [0.717, 1.165) is 18.8 Å². The van der Waals surface area contributed by atoms with Crippen molar-refractivity contribution in [3.63, 3.8) is 0 Å². The number of hydrogen-bond donors (Lipinski definition) is 0. The molecule has 110 valence electrons. The van der Waals surface area contributed by atoms with Gasteiger partial charge in [-0.3, -0.25) is 4.68 Å². The summed E-state index contributed by atoms with van der Waals surface area (Å²) in [5, 5.41) is 4.26. The molecular formula is C16H30N2O. The third-order valence-corrected chi connectivity index (χ3v) is 3.37. The second kappa shape index (κ2) is 9.88. The van der Waals surface area contributed by atoms with E-state index < -0.39 is 0 Å².